The van der Waals surface area contributed by atoms with Gasteiger partial charge >= 0.3 is 0 Å². The van der Waals surface area contributed by atoms with Crippen LogP contribution in [0.3, 0.4) is 0 Å². The van der Waals surface area contributed by atoms with Crippen LogP contribution in [-0.2, 0) is 10.0 Å². The van der Waals surface area contributed by atoms with E-state index in [2.05, 4.69) is 13.8 Å². The van der Waals surface area contributed by atoms with Gasteiger partial charge in [0.1, 0.15) is 4.90 Å². The number of anilines is 1. The molecule has 0 bridgehead atoms. The summed E-state index contributed by atoms with van der Waals surface area (Å²) in [4.78, 5) is 0.287. The number of hydrogen-bond acceptors (Lipinski definition) is 3. The van der Waals surface area contributed by atoms with E-state index in [0.29, 0.717) is 18.8 Å². The molecule has 5 heteroatoms. The highest BCUT2D eigenvalue weighted by Crippen LogP contribution is 2.29. The molecule has 0 saturated heterocycles. The lowest BCUT2D eigenvalue weighted by atomic mass is 10.1. The number of nitrogen functional groups attached to an aromatic ring is 1. The van der Waals surface area contributed by atoms with Crippen molar-refractivity contribution in [3.8, 4) is 0 Å². The lowest BCUT2D eigenvalue weighted by Gasteiger charge is -2.24. The summed E-state index contributed by atoms with van der Waals surface area (Å²) in [5.74, 6) is 0. The summed E-state index contributed by atoms with van der Waals surface area (Å²) < 4.78 is 27.6. The molecule has 0 radical (unpaired) electrons. The van der Waals surface area contributed by atoms with Gasteiger partial charge in [0.15, 0.2) is 0 Å². The Morgan fingerprint density at radius 3 is 1.95 bits per heavy atom. The van der Waals surface area contributed by atoms with Crippen LogP contribution < -0.4 is 5.73 Å². The Hall–Kier alpha value is -1.07. The van der Waals surface area contributed by atoms with Crippen molar-refractivity contribution in [2.24, 2.45) is 0 Å². The standard InChI is InChI=1S/C16H28N2O2S/c1-5-7-11-18(12-8-6-2)21(19,20)16-14(4)10-9-13(3)15(16)17/h9-10H,5-8,11-12,17H2,1-4H3. The molecule has 1 aromatic carbocycles. The minimum Gasteiger partial charge on any atom is -0.397 e. The van der Waals surface area contributed by atoms with E-state index in [1.54, 1.807) is 11.2 Å². The molecular formula is C16H28N2O2S. The lowest BCUT2D eigenvalue weighted by Crippen LogP contribution is -2.34. The van der Waals surface area contributed by atoms with E-state index in [-0.39, 0.29) is 4.90 Å². The lowest BCUT2D eigenvalue weighted by molar-refractivity contribution is 0.395. The first-order chi connectivity index (χ1) is 9.86. The molecule has 0 fully saturated rings. The summed E-state index contributed by atoms with van der Waals surface area (Å²) in [7, 11) is -3.52. The number of nitrogens with zero attached hydrogens (tertiary/aromatic N) is 1. The van der Waals surface area contributed by atoms with Crippen molar-refractivity contribution >= 4 is 15.7 Å². The number of benzene rings is 1. The number of hydrogen-bond donors (Lipinski definition) is 1. The second-order valence-corrected chi connectivity index (χ2v) is 7.43. The van der Waals surface area contributed by atoms with Crippen LogP contribution in [0.25, 0.3) is 0 Å². The van der Waals surface area contributed by atoms with Gasteiger partial charge in [-0.2, -0.15) is 4.31 Å². The molecule has 4 nitrogen and oxygen atoms in total. The molecule has 0 atom stereocenters. The SMILES string of the molecule is CCCCN(CCCC)S(=O)(=O)c1c(C)ccc(C)c1N. The van der Waals surface area contributed by atoms with Crippen LogP contribution in [0.5, 0.6) is 0 Å². The molecule has 0 aliphatic heterocycles. The van der Waals surface area contributed by atoms with Gasteiger partial charge in [-0.05, 0) is 37.8 Å². The molecule has 0 heterocycles. The molecule has 0 aliphatic carbocycles. The van der Waals surface area contributed by atoms with Crippen LogP contribution in [0.1, 0.15) is 50.7 Å². The fourth-order valence-electron chi connectivity index (χ4n) is 2.30. The van der Waals surface area contributed by atoms with Gasteiger partial charge < -0.3 is 5.73 Å². The fraction of sp³-hybridized carbons (Fsp3) is 0.625. The smallest absolute Gasteiger partial charge is 0.245 e. The Balaban J connectivity index is 3.25. The number of rotatable bonds is 8. The molecule has 0 spiro atoms. The molecule has 2 N–H and O–H groups in total. The third-order valence-corrected chi connectivity index (χ3v) is 5.83. The Bertz CT molecular complexity index is 560. The first-order valence-electron chi connectivity index (χ1n) is 7.72. The quantitative estimate of drug-likeness (QED) is 0.747. The highest BCUT2D eigenvalue weighted by Gasteiger charge is 2.28. The van der Waals surface area contributed by atoms with Crippen molar-refractivity contribution in [3.63, 3.8) is 0 Å². The summed E-state index contributed by atoms with van der Waals surface area (Å²) >= 11 is 0. The second kappa shape index (κ2) is 7.80. The number of sulfonamides is 1. The maximum Gasteiger partial charge on any atom is 0.245 e. The molecule has 1 aromatic rings. The van der Waals surface area contributed by atoms with Crippen LogP contribution in [0, 0.1) is 13.8 Å². The van der Waals surface area contributed by atoms with Gasteiger partial charge in [-0.1, -0.05) is 38.8 Å². The number of aryl methyl sites for hydroxylation is 2. The summed E-state index contributed by atoms with van der Waals surface area (Å²) in [6, 6.07) is 3.70. The third kappa shape index (κ3) is 4.20. The van der Waals surface area contributed by atoms with E-state index >= 15 is 0 Å². The predicted octanol–water partition coefficient (Wildman–Crippen LogP) is 3.48. The summed E-state index contributed by atoms with van der Waals surface area (Å²) in [5, 5.41) is 0. The van der Waals surface area contributed by atoms with Crippen LogP contribution >= 0.6 is 0 Å². The first kappa shape index (κ1) is 18.0. The molecule has 21 heavy (non-hydrogen) atoms. The van der Waals surface area contributed by atoms with E-state index in [4.69, 9.17) is 5.73 Å². The van der Waals surface area contributed by atoms with Crippen LogP contribution in [0.15, 0.2) is 17.0 Å². The van der Waals surface area contributed by atoms with Crippen molar-refractivity contribution in [2.75, 3.05) is 18.8 Å². The summed E-state index contributed by atoms with van der Waals surface area (Å²) in [5.41, 5.74) is 7.97. The van der Waals surface area contributed by atoms with Crippen molar-refractivity contribution in [2.45, 2.75) is 58.3 Å². The van der Waals surface area contributed by atoms with E-state index in [1.807, 2.05) is 19.1 Å². The van der Waals surface area contributed by atoms with Gasteiger partial charge in [0.2, 0.25) is 10.0 Å². The van der Waals surface area contributed by atoms with Crippen LogP contribution in [0.2, 0.25) is 0 Å². The average Bonchev–Trinajstić information content (AvgIpc) is 2.43. The highest BCUT2D eigenvalue weighted by atomic mass is 32.2. The van der Waals surface area contributed by atoms with E-state index < -0.39 is 10.0 Å². The van der Waals surface area contributed by atoms with Gasteiger partial charge in [-0.25, -0.2) is 8.42 Å². The Morgan fingerprint density at radius 2 is 1.48 bits per heavy atom. The zero-order valence-electron chi connectivity index (χ0n) is 13.6. The van der Waals surface area contributed by atoms with Crippen LogP contribution in [0.4, 0.5) is 5.69 Å². The normalized spacial score (nSPS) is 12.0. The first-order valence-corrected chi connectivity index (χ1v) is 9.16. The Kier molecular flexibility index (Phi) is 6.68. The van der Waals surface area contributed by atoms with Crippen molar-refractivity contribution in [3.05, 3.63) is 23.3 Å². The molecule has 0 unspecified atom stereocenters. The average molecular weight is 312 g/mol. The molecule has 120 valence electrons. The Labute approximate surface area is 129 Å². The molecule has 0 saturated carbocycles. The van der Waals surface area contributed by atoms with E-state index in [9.17, 15) is 8.42 Å². The molecule has 0 aromatic heterocycles. The van der Waals surface area contributed by atoms with Gasteiger partial charge in [0, 0.05) is 13.1 Å². The predicted molar refractivity (Wildman–Crippen MR) is 88.9 cm³/mol. The summed E-state index contributed by atoms with van der Waals surface area (Å²) in [6.45, 7) is 8.90. The van der Waals surface area contributed by atoms with Crippen LogP contribution in [-0.4, -0.2) is 25.8 Å². The van der Waals surface area contributed by atoms with Gasteiger partial charge in [-0.15, -0.1) is 0 Å². The van der Waals surface area contributed by atoms with Gasteiger partial charge in [0.25, 0.3) is 0 Å². The number of unbranched alkanes of at least 4 members (excludes halogenated alkanes) is 2. The topological polar surface area (TPSA) is 63.4 Å². The van der Waals surface area contributed by atoms with Gasteiger partial charge in [-0.3, -0.25) is 0 Å². The van der Waals surface area contributed by atoms with Crippen molar-refractivity contribution in [1.82, 2.24) is 4.31 Å². The fourth-order valence-corrected chi connectivity index (χ4v) is 4.21. The Morgan fingerprint density at radius 1 is 1.00 bits per heavy atom. The zero-order valence-corrected chi connectivity index (χ0v) is 14.5. The molecular weight excluding hydrogens is 284 g/mol. The molecule has 1 rings (SSSR count). The maximum absolute atomic E-state index is 13.0. The number of nitrogens with two attached hydrogens (primary N) is 1. The maximum atomic E-state index is 13.0. The summed E-state index contributed by atoms with van der Waals surface area (Å²) in [6.07, 6.45) is 3.68. The minimum absolute atomic E-state index is 0.287. The van der Waals surface area contributed by atoms with E-state index in [1.165, 1.54) is 0 Å². The largest absolute Gasteiger partial charge is 0.397 e. The van der Waals surface area contributed by atoms with Crippen molar-refractivity contribution in [1.29, 1.82) is 0 Å². The molecule has 0 amide bonds. The zero-order chi connectivity index (χ0) is 16.0. The van der Waals surface area contributed by atoms with Gasteiger partial charge in [0.05, 0.1) is 5.69 Å². The monoisotopic (exact) mass is 312 g/mol. The molecule has 0 aliphatic rings. The van der Waals surface area contributed by atoms with E-state index in [0.717, 1.165) is 36.8 Å². The third-order valence-electron chi connectivity index (χ3n) is 3.73. The minimum atomic E-state index is -3.52. The van der Waals surface area contributed by atoms with Crippen molar-refractivity contribution < 1.29 is 8.42 Å². The highest BCUT2D eigenvalue weighted by molar-refractivity contribution is 7.89. The second-order valence-electron chi connectivity index (χ2n) is 5.55.